The Bertz CT molecular complexity index is 259. The van der Waals surface area contributed by atoms with Crippen molar-refractivity contribution in [3.8, 4) is 0 Å². The molecule has 3 nitrogen and oxygen atoms in total. The Balaban J connectivity index is 3.15. The third-order valence-corrected chi connectivity index (χ3v) is 4.43. The fourth-order valence-corrected chi connectivity index (χ4v) is 2.86. The molecule has 0 saturated carbocycles. The molecule has 0 amide bonds. The standard InChI is InChI=1S/C19H38O3S/c1-3-15-18(23)19(20)22-17-14-12-10-8-6-5-7-9-11-13-16-21-4-2/h18,23H,3-17H2,1-2H3. The van der Waals surface area contributed by atoms with Crippen LogP contribution in [0.3, 0.4) is 0 Å². The smallest absolute Gasteiger partial charge is 0.318 e. The van der Waals surface area contributed by atoms with Gasteiger partial charge in [-0.15, -0.1) is 0 Å². The van der Waals surface area contributed by atoms with Gasteiger partial charge >= 0.3 is 5.97 Å². The minimum absolute atomic E-state index is 0.153. The van der Waals surface area contributed by atoms with Crippen molar-refractivity contribution in [2.75, 3.05) is 19.8 Å². The van der Waals surface area contributed by atoms with Gasteiger partial charge in [0.25, 0.3) is 0 Å². The van der Waals surface area contributed by atoms with E-state index in [0.717, 1.165) is 38.9 Å². The van der Waals surface area contributed by atoms with Crippen LogP contribution in [0.5, 0.6) is 0 Å². The van der Waals surface area contributed by atoms with Gasteiger partial charge in [0.2, 0.25) is 0 Å². The molecule has 138 valence electrons. The Labute approximate surface area is 149 Å². The van der Waals surface area contributed by atoms with Gasteiger partial charge in [-0.2, -0.15) is 12.6 Å². The lowest BCUT2D eigenvalue weighted by atomic mass is 10.1. The normalized spacial score (nSPS) is 12.3. The number of unbranched alkanes of at least 4 members (excludes halogenated alkanes) is 9. The van der Waals surface area contributed by atoms with Crippen molar-refractivity contribution in [1.82, 2.24) is 0 Å². The van der Waals surface area contributed by atoms with E-state index in [1.54, 1.807) is 0 Å². The van der Waals surface area contributed by atoms with Gasteiger partial charge < -0.3 is 9.47 Å². The van der Waals surface area contributed by atoms with E-state index >= 15 is 0 Å². The Morgan fingerprint density at radius 3 is 1.78 bits per heavy atom. The van der Waals surface area contributed by atoms with Gasteiger partial charge in [-0.05, 0) is 26.2 Å². The molecule has 0 spiro atoms. The van der Waals surface area contributed by atoms with Crippen LogP contribution in [0.1, 0.15) is 90.9 Å². The lowest BCUT2D eigenvalue weighted by molar-refractivity contribution is -0.143. The molecule has 1 atom stereocenters. The number of hydrogen-bond donors (Lipinski definition) is 1. The van der Waals surface area contributed by atoms with Crippen LogP contribution in [-0.2, 0) is 14.3 Å². The van der Waals surface area contributed by atoms with Crippen molar-refractivity contribution in [2.24, 2.45) is 0 Å². The van der Waals surface area contributed by atoms with Crippen molar-refractivity contribution in [3.63, 3.8) is 0 Å². The van der Waals surface area contributed by atoms with Crippen LogP contribution in [0.25, 0.3) is 0 Å². The second-order valence-corrected chi connectivity index (χ2v) is 6.83. The van der Waals surface area contributed by atoms with Crippen molar-refractivity contribution >= 4 is 18.6 Å². The number of hydrogen-bond acceptors (Lipinski definition) is 4. The van der Waals surface area contributed by atoms with Gasteiger partial charge in [-0.25, -0.2) is 0 Å². The Hall–Kier alpha value is -0.220. The highest BCUT2D eigenvalue weighted by Crippen LogP contribution is 2.11. The molecule has 0 aliphatic carbocycles. The van der Waals surface area contributed by atoms with E-state index in [4.69, 9.17) is 9.47 Å². The number of carbonyl (C=O) groups excluding carboxylic acids is 1. The molecule has 0 heterocycles. The molecule has 0 bridgehead atoms. The lowest BCUT2D eigenvalue weighted by Gasteiger charge is -2.09. The summed E-state index contributed by atoms with van der Waals surface area (Å²) in [6.45, 7) is 6.42. The average molecular weight is 347 g/mol. The quantitative estimate of drug-likeness (QED) is 0.212. The summed E-state index contributed by atoms with van der Waals surface area (Å²) < 4.78 is 10.6. The van der Waals surface area contributed by atoms with Crippen molar-refractivity contribution < 1.29 is 14.3 Å². The molecule has 0 aromatic rings. The third-order valence-electron chi connectivity index (χ3n) is 3.97. The maximum absolute atomic E-state index is 11.5. The molecular formula is C19H38O3S. The van der Waals surface area contributed by atoms with E-state index < -0.39 is 0 Å². The summed E-state index contributed by atoms with van der Waals surface area (Å²) in [7, 11) is 0. The minimum Gasteiger partial charge on any atom is -0.465 e. The van der Waals surface area contributed by atoms with Crippen LogP contribution < -0.4 is 0 Å². The van der Waals surface area contributed by atoms with Gasteiger partial charge in [-0.3, -0.25) is 4.79 Å². The van der Waals surface area contributed by atoms with Crippen molar-refractivity contribution in [3.05, 3.63) is 0 Å². The molecule has 1 unspecified atom stereocenters. The second-order valence-electron chi connectivity index (χ2n) is 6.20. The highest BCUT2D eigenvalue weighted by molar-refractivity contribution is 7.81. The van der Waals surface area contributed by atoms with Crippen LogP contribution in [0, 0.1) is 0 Å². The molecule has 0 aromatic heterocycles. The number of thiol groups is 1. The van der Waals surface area contributed by atoms with Crippen LogP contribution in [0.4, 0.5) is 0 Å². The van der Waals surface area contributed by atoms with Crippen LogP contribution in [0.15, 0.2) is 0 Å². The molecule has 0 aliphatic rings. The van der Waals surface area contributed by atoms with E-state index in [2.05, 4.69) is 19.6 Å². The van der Waals surface area contributed by atoms with Gasteiger partial charge in [0.1, 0.15) is 0 Å². The molecule has 0 aliphatic heterocycles. The first-order chi connectivity index (χ1) is 11.2. The summed E-state index contributed by atoms with van der Waals surface area (Å²) in [6.07, 6.45) is 14.3. The Kier molecular flexibility index (Phi) is 18.0. The number of carbonyl (C=O) groups is 1. The van der Waals surface area contributed by atoms with Gasteiger partial charge in [0.05, 0.1) is 11.9 Å². The first kappa shape index (κ1) is 22.8. The molecule has 0 rings (SSSR count). The largest absolute Gasteiger partial charge is 0.465 e. The molecular weight excluding hydrogens is 308 g/mol. The first-order valence-corrected chi connectivity index (χ1v) is 10.2. The minimum atomic E-state index is -0.242. The Morgan fingerprint density at radius 1 is 0.826 bits per heavy atom. The SMILES string of the molecule is CCCC(S)C(=O)OCCCCCCCCCCCCOCC. The van der Waals surface area contributed by atoms with Crippen LogP contribution in [-0.4, -0.2) is 31.0 Å². The molecule has 0 N–H and O–H groups in total. The van der Waals surface area contributed by atoms with Crippen LogP contribution >= 0.6 is 12.6 Å². The molecule has 0 fully saturated rings. The highest BCUT2D eigenvalue weighted by Gasteiger charge is 2.13. The summed E-state index contributed by atoms with van der Waals surface area (Å²) in [5.74, 6) is -0.153. The van der Waals surface area contributed by atoms with Crippen molar-refractivity contribution in [2.45, 2.75) is 96.1 Å². The Morgan fingerprint density at radius 2 is 1.30 bits per heavy atom. The molecule has 0 radical (unpaired) electrons. The summed E-state index contributed by atoms with van der Waals surface area (Å²) >= 11 is 4.25. The summed E-state index contributed by atoms with van der Waals surface area (Å²) in [6, 6.07) is 0. The number of rotatable bonds is 17. The average Bonchev–Trinajstić information content (AvgIpc) is 2.55. The van der Waals surface area contributed by atoms with E-state index in [9.17, 15) is 4.79 Å². The van der Waals surface area contributed by atoms with Gasteiger partial charge in [-0.1, -0.05) is 64.7 Å². The fraction of sp³-hybridized carbons (Fsp3) is 0.947. The monoisotopic (exact) mass is 346 g/mol. The van der Waals surface area contributed by atoms with Crippen LogP contribution in [0.2, 0.25) is 0 Å². The van der Waals surface area contributed by atoms with E-state index in [1.807, 2.05) is 6.92 Å². The van der Waals surface area contributed by atoms with E-state index in [0.29, 0.717) is 6.61 Å². The third kappa shape index (κ3) is 16.4. The zero-order chi connectivity index (χ0) is 17.2. The summed E-state index contributed by atoms with van der Waals surface area (Å²) in [5.41, 5.74) is 0. The molecule has 4 heteroatoms. The lowest BCUT2D eigenvalue weighted by Crippen LogP contribution is -2.18. The van der Waals surface area contributed by atoms with E-state index in [1.165, 1.54) is 51.4 Å². The summed E-state index contributed by atoms with van der Waals surface area (Å²) in [4.78, 5) is 11.5. The fourth-order valence-electron chi connectivity index (χ4n) is 2.52. The molecule has 23 heavy (non-hydrogen) atoms. The highest BCUT2D eigenvalue weighted by atomic mass is 32.1. The van der Waals surface area contributed by atoms with E-state index in [-0.39, 0.29) is 11.2 Å². The molecule has 0 saturated heterocycles. The maximum atomic E-state index is 11.5. The summed E-state index contributed by atoms with van der Waals surface area (Å²) in [5, 5.41) is -0.242. The van der Waals surface area contributed by atoms with Gasteiger partial charge in [0.15, 0.2) is 0 Å². The molecule has 0 aromatic carbocycles. The van der Waals surface area contributed by atoms with Crippen molar-refractivity contribution in [1.29, 1.82) is 0 Å². The zero-order valence-electron chi connectivity index (χ0n) is 15.4. The van der Waals surface area contributed by atoms with Gasteiger partial charge in [0, 0.05) is 13.2 Å². The first-order valence-electron chi connectivity index (χ1n) is 9.64. The zero-order valence-corrected chi connectivity index (χ0v) is 16.3. The number of ether oxygens (including phenoxy) is 2. The predicted octanol–water partition coefficient (Wildman–Crippen LogP) is 5.57. The topological polar surface area (TPSA) is 35.5 Å². The predicted molar refractivity (Wildman–Crippen MR) is 101 cm³/mol. The second kappa shape index (κ2) is 18.1. The maximum Gasteiger partial charge on any atom is 0.318 e. The number of esters is 1.